The summed E-state index contributed by atoms with van der Waals surface area (Å²) in [5.41, 5.74) is 1.71. The normalized spacial score (nSPS) is 17.9. The van der Waals surface area contributed by atoms with E-state index >= 15 is 0 Å². The SMILES string of the molecule is CNC(=O)c1cccc(CCNC(=O)CC(C)C2CCCNC2)c1.Cl. The molecule has 0 aliphatic carbocycles. The fourth-order valence-electron chi connectivity index (χ4n) is 3.25. The van der Waals surface area contributed by atoms with Gasteiger partial charge in [0.1, 0.15) is 0 Å². The third kappa shape index (κ3) is 7.04. The van der Waals surface area contributed by atoms with Crippen molar-refractivity contribution in [2.45, 2.75) is 32.6 Å². The maximum atomic E-state index is 12.1. The highest BCUT2D eigenvalue weighted by Gasteiger charge is 2.21. The quantitative estimate of drug-likeness (QED) is 0.691. The second kappa shape index (κ2) is 11.1. The van der Waals surface area contributed by atoms with Gasteiger partial charge in [0, 0.05) is 25.6 Å². The van der Waals surface area contributed by atoms with E-state index in [4.69, 9.17) is 0 Å². The van der Waals surface area contributed by atoms with Gasteiger partial charge in [-0.25, -0.2) is 0 Å². The van der Waals surface area contributed by atoms with Gasteiger partial charge < -0.3 is 16.0 Å². The molecule has 0 bridgehead atoms. The van der Waals surface area contributed by atoms with Crippen LogP contribution in [-0.4, -0.2) is 38.5 Å². The lowest BCUT2D eigenvalue weighted by Crippen LogP contribution is -2.36. The molecule has 0 saturated carbocycles. The average molecular weight is 368 g/mol. The summed E-state index contributed by atoms with van der Waals surface area (Å²) >= 11 is 0. The van der Waals surface area contributed by atoms with E-state index in [9.17, 15) is 9.59 Å². The summed E-state index contributed by atoms with van der Waals surface area (Å²) in [4.78, 5) is 23.7. The predicted octanol–water partition coefficient (Wildman–Crippen LogP) is 2.15. The molecule has 0 radical (unpaired) electrons. The first kappa shape index (κ1) is 21.5. The molecular formula is C19H30ClN3O2. The number of benzene rings is 1. The number of nitrogens with one attached hydrogen (secondary N) is 3. The lowest BCUT2D eigenvalue weighted by Gasteiger charge is -2.28. The maximum Gasteiger partial charge on any atom is 0.251 e. The van der Waals surface area contributed by atoms with Gasteiger partial charge in [0.25, 0.3) is 5.91 Å². The highest BCUT2D eigenvalue weighted by molar-refractivity contribution is 5.94. The molecule has 0 spiro atoms. The van der Waals surface area contributed by atoms with Gasteiger partial charge in [-0.2, -0.15) is 0 Å². The largest absolute Gasteiger partial charge is 0.356 e. The zero-order valence-electron chi connectivity index (χ0n) is 15.1. The van der Waals surface area contributed by atoms with Crippen molar-refractivity contribution in [2.75, 3.05) is 26.7 Å². The van der Waals surface area contributed by atoms with Crippen molar-refractivity contribution in [2.24, 2.45) is 11.8 Å². The standard InChI is InChI=1S/C19H29N3O2.ClH/c1-14(17-7-4-9-21-13-17)11-18(23)22-10-8-15-5-3-6-16(12-15)19(24)20-2;/h3,5-6,12,14,17,21H,4,7-11,13H2,1-2H3,(H,20,24)(H,22,23);1H. The summed E-state index contributed by atoms with van der Waals surface area (Å²) in [6.45, 7) is 4.90. The van der Waals surface area contributed by atoms with E-state index in [2.05, 4.69) is 22.9 Å². The molecule has 25 heavy (non-hydrogen) atoms. The molecule has 1 aromatic carbocycles. The Morgan fingerprint density at radius 3 is 2.84 bits per heavy atom. The van der Waals surface area contributed by atoms with E-state index in [0.29, 0.717) is 30.4 Å². The zero-order chi connectivity index (χ0) is 17.4. The van der Waals surface area contributed by atoms with Crippen LogP contribution < -0.4 is 16.0 Å². The number of carbonyl (C=O) groups excluding carboxylic acids is 2. The van der Waals surface area contributed by atoms with Crippen molar-refractivity contribution in [3.8, 4) is 0 Å². The molecule has 1 heterocycles. The van der Waals surface area contributed by atoms with Crippen molar-refractivity contribution in [3.05, 3.63) is 35.4 Å². The number of piperidine rings is 1. The van der Waals surface area contributed by atoms with Crippen molar-refractivity contribution in [1.29, 1.82) is 0 Å². The minimum Gasteiger partial charge on any atom is -0.356 e. The van der Waals surface area contributed by atoms with E-state index in [1.54, 1.807) is 13.1 Å². The van der Waals surface area contributed by atoms with Crippen LogP contribution in [0.25, 0.3) is 0 Å². The molecule has 5 nitrogen and oxygen atoms in total. The first-order valence-electron chi connectivity index (χ1n) is 8.88. The molecule has 2 rings (SSSR count). The Morgan fingerprint density at radius 1 is 1.36 bits per heavy atom. The van der Waals surface area contributed by atoms with E-state index in [0.717, 1.165) is 25.1 Å². The van der Waals surface area contributed by atoms with Crippen LogP contribution in [0.4, 0.5) is 0 Å². The van der Waals surface area contributed by atoms with E-state index in [-0.39, 0.29) is 24.2 Å². The van der Waals surface area contributed by atoms with Gasteiger partial charge in [0.2, 0.25) is 5.91 Å². The van der Waals surface area contributed by atoms with Crippen LogP contribution in [0.5, 0.6) is 0 Å². The van der Waals surface area contributed by atoms with Gasteiger partial charge >= 0.3 is 0 Å². The summed E-state index contributed by atoms with van der Waals surface area (Å²) in [5.74, 6) is 1.05. The number of halogens is 1. The molecule has 1 saturated heterocycles. The third-order valence-corrected chi connectivity index (χ3v) is 4.80. The van der Waals surface area contributed by atoms with Crippen LogP contribution in [0.2, 0.25) is 0 Å². The van der Waals surface area contributed by atoms with Crippen molar-refractivity contribution < 1.29 is 9.59 Å². The molecule has 1 aliphatic rings. The lowest BCUT2D eigenvalue weighted by atomic mass is 9.85. The molecule has 2 amide bonds. The van der Waals surface area contributed by atoms with Gasteiger partial charge in [0.15, 0.2) is 0 Å². The first-order chi connectivity index (χ1) is 11.6. The predicted molar refractivity (Wildman–Crippen MR) is 103 cm³/mol. The maximum absolute atomic E-state index is 12.1. The van der Waals surface area contributed by atoms with E-state index < -0.39 is 0 Å². The van der Waals surface area contributed by atoms with Gasteiger partial charge in [-0.1, -0.05) is 19.1 Å². The molecule has 0 aromatic heterocycles. The number of amides is 2. The second-order valence-corrected chi connectivity index (χ2v) is 6.67. The molecule has 1 aliphatic heterocycles. The Balaban J connectivity index is 0.00000312. The number of carbonyl (C=O) groups is 2. The van der Waals surface area contributed by atoms with E-state index in [1.807, 2.05) is 18.2 Å². The average Bonchev–Trinajstić information content (AvgIpc) is 2.62. The van der Waals surface area contributed by atoms with Crippen LogP contribution in [0, 0.1) is 11.8 Å². The summed E-state index contributed by atoms with van der Waals surface area (Å²) in [7, 11) is 1.62. The molecule has 2 unspecified atom stereocenters. The summed E-state index contributed by atoms with van der Waals surface area (Å²) in [5, 5.41) is 9.03. The minimum absolute atomic E-state index is 0. The summed E-state index contributed by atoms with van der Waals surface area (Å²) < 4.78 is 0. The number of rotatable bonds is 7. The van der Waals surface area contributed by atoms with Gasteiger partial charge in [-0.05, 0) is 61.9 Å². The van der Waals surface area contributed by atoms with Crippen LogP contribution in [-0.2, 0) is 11.2 Å². The molecule has 3 N–H and O–H groups in total. The monoisotopic (exact) mass is 367 g/mol. The number of hydrogen-bond acceptors (Lipinski definition) is 3. The van der Waals surface area contributed by atoms with Crippen molar-refractivity contribution in [3.63, 3.8) is 0 Å². The lowest BCUT2D eigenvalue weighted by molar-refractivity contribution is -0.122. The molecule has 6 heteroatoms. The molecule has 1 fully saturated rings. The van der Waals surface area contributed by atoms with E-state index in [1.165, 1.54) is 12.8 Å². The van der Waals surface area contributed by atoms with Crippen LogP contribution in [0.15, 0.2) is 24.3 Å². The fraction of sp³-hybridized carbons (Fsp3) is 0.579. The van der Waals surface area contributed by atoms with Crippen molar-refractivity contribution in [1.82, 2.24) is 16.0 Å². The molecule has 2 atom stereocenters. The first-order valence-corrected chi connectivity index (χ1v) is 8.88. The number of hydrogen-bond donors (Lipinski definition) is 3. The Bertz CT molecular complexity index is 559. The molecule has 140 valence electrons. The highest BCUT2D eigenvalue weighted by Crippen LogP contribution is 2.22. The highest BCUT2D eigenvalue weighted by atomic mass is 35.5. The topological polar surface area (TPSA) is 70.2 Å². The Hall–Kier alpha value is -1.59. The Labute approximate surface area is 156 Å². The Morgan fingerprint density at radius 2 is 2.16 bits per heavy atom. The smallest absolute Gasteiger partial charge is 0.251 e. The van der Waals surface area contributed by atoms with Gasteiger partial charge in [-0.15, -0.1) is 12.4 Å². The second-order valence-electron chi connectivity index (χ2n) is 6.67. The molecule has 1 aromatic rings. The van der Waals surface area contributed by atoms with Crippen LogP contribution >= 0.6 is 12.4 Å². The third-order valence-electron chi connectivity index (χ3n) is 4.80. The zero-order valence-corrected chi connectivity index (χ0v) is 16.0. The van der Waals surface area contributed by atoms with Crippen LogP contribution in [0.3, 0.4) is 0 Å². The minimum atomic E-state index is -0.0872. The summed E-state index contributed by atoms with van der Waals surface area (Å²) in [6.07, 6.45) is 3.74. The van der Waals surface area contributed by atoms with Crippen molar-refractivity contribution >= 4 is 24.2 Å². The van der Waals surface area contributed by atoms with Gasteiger partial charge in [-0.3, -0.25) is 9.59 Å². The Kier molecular flexibility index (Phi) is 9.53. The van der Waals surface area contributed by atoms with Gasteiger partial charge in [0.05, 0.1) is 0 Å². The van der Waals surface area contributed by atoms with Crippen LogP contribution in [0.1, 0.15) is 42.1 Å². The molecular weight excluding hydrogens is 338 g/mol. The fourth-order valence-corrected chi connectivity index (χ4v) is 3.25. The summed E-state index contributed by atoms with van der Waals surface area (Å²) in [6, 6.07) is 7.52.